The average molecular weight is 446 g/mol. The topological polar surface area (TPSA) is 87.2 Å². The molecule has 4 rings (SSSR count). The Balaban J connectivity index is 1.60. The van der Waals surface area contributed by atoms with E-state index in [1.54, 1.807) is 25.2 Å². The van der Waals surface area contributed by atoms with Gasteiger partial charge in [-0.2, -0.15) is 0 Å². The monoisotopic (exact) mass is 445 g/mol. The second kappa shape index (κ2) is 9.17. The Morgan fingerprint density at radius 3 is 2.52 bits per heavy atom. The maximum atomic E-state index is 12.5. The number of nitrogens with zero attached hydrogens (tertiary/aromatic N) is 3. The van der Waals surface area contributed by atoms with Gasteiger partial charge >= 0.3 is 0 Å². The molecule has 172 valence electrons. The van der Waals surface area contributed by atoms with Crippen LogP contribution in [0.2, 0.25) is 0 Å². The van der Waals surface area contributed by atoms with Crippen LogP contribution in [-0.4, -0.2) is 52.9 Å². The summed E-state index contributed by atoms with van der Waals surface area (Å²) in [5.74, 6) is 0.490. The van der Waals surface area contributed by atoms with Crippen molar-refractivity contribution in [2.75, 3.05) is 19.4 Å². The van der Waals surface area contributed by atoms with Crippen LogP contribution in [0.3, 0.4) is 0 Å². The summed E-state index contributed by atoms with van der Waals surface area (Å²) in [6.07, 6.45) is 3.89. The second-order valence-corrected chi connectivity index (χ2v) is 9.34. The molecule has 1 fully saturated rings. The molecule has 0 spiro atoms. The van der Waals surface area contributed by atoms with Crippen molar-refractivity contribution in [3.63, 3.8) is 0 Å². The molecule has 7 heteroatoms. The Hall–Kier alpha value is -3.48. The molecule has 0 saturated heterocycles. The van der Waals surface area contributed by atoms with E-state index in [1.807, 2.05) is 57.2 Å². The van der Waals surface area contributed by atoms with Crippen molar-refractivity contribution in [3.8, 4) is 11.1 Å². The second-order valence-electron chi connectivity index (χ2n) is 9.34. The van der Waals surface area contributed by atoms with Gasteiger partial charge in [-0.05, 0) is 66.6 Å². The summed E-state index contributed by atoms with van der Waals surface area (Å²) in [4.78, 5) is 35.7. The number of hydrogen-bond acceptors (Lipinski definition) is 5. The van der Waals surface area contributed by atoms with E-state index < -0.39 is 6.04 Å². The molecule has 2 N–H and O–H groups in total. The molecular weight excluding hydrogens is 414 g/mol. The first kappa shape index (κ1) is 22.7. The van der Waals surface area contributed by atoms with Crippen LogP contribution in [0.1, 0.15) is 42.6 Å². The fraction of sp³-hybridized carbons (Fsp3) is 0.385. The third-order valence-corrected chi connectivity index (χ3v) is 5.96. The van der Waals surface area contributed by atoms with Gasteiger partial charge in [0, 0.05) is 37.3 Å². The van der Waals surface area contributed by atoms with Crippen molar-refractivity contribution in [2.24, 2.45) is 5.92 Å². The summed E-state index contributed by atoms with van der Waals surface area (Å²) >= 11 is 0. The number of rotatable bonds is 7. The van der Waals surface area contributed by atoms with E-state index in [0.717, 1.165) is 40.4 Å². The molecule has 1 aromatic heterocycles. The van der Waals surface area contributed by atoms with Gasteiger partial charge in [0.2, 0.25) is 11.9 Å². The van der Waals surface area contributed by atoms with E-state index in [1.165, 1.54) is 0 Å². The van der Waals surface area contributed by atoms with Crippen LogP contribution in [0.15, 0.2) is 42.6 Å². The number of carbonyl (C=O) groups is 2. The van der Waals surface area contributed by atoms with Crippen molar-refractivity contribution < 1.29 is 9.59 Å². The molecular formula is C26H31N5O2. The first-order valence-corrected chi connectivity index (χ1v) is 11.4. The Kier molecular flexibility index (Phi) is 6.31. The van der Waals surface area contributed by atoms with E-state index in [4.69, 9.17) is 0 Å². The van der Waals surface area contributed by atoms with E-state index >= 15 is 0 Å². The van der Waals surface area contributed by atoms with Gasteiger partial charge < -0.3 is 15.5 Å². The molecule has 33 heavy (non-hydrogen) atoms. The summed E-state index contributed by atoms with van der Waals surface area (Å²) in [5, 5.41) is 7.13. The first-order valence-electron chi connectivity index (χ1n) is 11.4. The number of benzene rings is 2. The fourth-order valence-corrected chi connectivity index (χ4v) is 3.77. The number of hydrogen-bond donors (Lipinski definition) is 2. The molecule has 1 heterocycles. The summed E-state index contributed by atoms with van der Waals surface area (Å²) in [7, 11) is 3.49. The molecule has 0 radical (unpaired) electrons. The predicted molar refractivity (Wildman–Crippen MR) is 131 cm³/mol. The van der Waals surface area contributed by atoms with Crippen LogP contribution in [0.5, 0.6) is 0 Å². The molecule has 7 nitrogen and oxygen atoms in total. The van der Waals surface area contributed by atoms with Gasteiger partial charge in [0.25, 0.3) is 5.91 Å². The maximum Gasteiger partial charge on any atom is 0.251 e. The zero-order chi connectivity index (χ0) is 23.7. The number of aryl methyl sites for hydroxylation is 1. The third kappa shape index (κ3) is 5.13. The van der Waals surface area contributed by atoms with Gasteiger partial charge in [-0.15, -0.1) is 0 Å². The van der Waals surface area contributed by atoms with Crippen molar-refractivity contribution in [1.82, 2.24) is 20.2 Å². The number of nitrogens with one attached hydrogen (secondary N) is 2. The van der Waals surface area contributed by atoms with Crippen molar-refractivity contribution in [1.29, 1.82) is 0 Å². The average Bonchev–Trinajstić information content (AvgIpc) is 3.60. The molecule has 1 saturated carbocycles. The lowest BCUT2D eigenvalue weighted by Gasteiger charge is -2.24. The molecule has 1 atom stereocenters. The van der Waals surface area contributed by atoms with Crippen molar-refractivity contribution in [2.45, 2.75) is 45.7 Å². The summed E-state index contributed by atoms with van der Waals surface area (Å²) < 4.78 is 0. The Labute approximate surface area is 194 Å². The fourth-order valence-electron chi connectivity index (χ4n) is 3.77. The molecule has 0 bridgehead atoms. The number of carbonyl (C=O) groups excluding carboxylic acids is 2. The number of amides is 2. The highest BCUT2D eigenvalue weighted by Gasteiger charge is 2.25. The molecule has 1 aliphatic carbocycles. The third-order valence-electron chi connectivity index (χ3n) is 5.96. The molecule has 2 aromatic carbocycles. The molecule has 2 amide bonds. The highest BCUT2D eigenvalue weighted by Crippen LogP contribution is 2.28. The Morgan fingerprint density at radius 1 is 1.09 bits per heavy atom. The van der Waals surface area contributed by atoms with Crippen LogP contribution >= 0.6 is 0 Å². The maximum absolute atomic E-state index is 12.5. The lowest BCUT2D eigenvalue weighted by molar-refractivity contribution is -0.130. The van der Waals surface area contributed by atoms with E-state index in [9.17, 15) is 9.59 Å². The molecule has 1 unspecified atom stereocenters. The van der Waals surface area contributed by atoms with Gasteiger partial charge in [-0.3, -0.25) is 9.59 Å². The lowest BCUT2D eigenvalue weighted by Crippen LogP contribution is -2.42. The minimum Gasteiger partial charge on any atom is -0.349 e. The number of fused-ring (bicyclic) bond motifs is 1. The minimum atomic E-state index is -0.399. The Morgan fingerprint density at radius 2 is 1.85 bits per heavy atom. The number of aromatic nitrogens is 2. The number of anilines is 1. The molecule has 1 aliphatic rings. The highest BCUT2D eigenvalue weighted by atomic mass is 16.2. The number of likely N-dealkylation sites (N-methyl/N-ethyl adjacent to an activating group) is 1. The largest absolute Gasteiger partial charge is 0.349 e. The Bertz CT molecular complexity index is 1200. The summed E-state index contributed by atoms with van der Waals surface area (Å²) in [6.45, 7) is 6.03. The standard InChI is InChI=1S/C26H31N5O2/c1-15(2)23(25(33)31(4)5)30-26-27-14-19-12-17(8-11-22(19)29-26)21-13-18(7-6-16(21)3)24(32)28-20-9-10-20/h6-8,11-15,20,23H,9-10H2,1-5H3,(H,28,32)(H,27,29,30). The summed E-state index contributed by atoms with van der Waals surface area (Å²) in [5.41, 5.74) is 4.57. The molecule has 3 aromatic rings. The van der Waals surface area contributed by atoms with Crippen molar-refractivity contribution in [3.05, 3.63) is 53.7 Å². The smallest absolute Gasteiger partial charge is 0.251 e. The van der Waals surface area contributed by atoms with Crippen molar-refractivity contribution >= 4 is 28.7 Å². The zero-order valence-corrected chi connectivity index (χ0v) is 19.8. The minimum absolute atomic E-state index is 0.00914. The van der Waals surface area contributed by atoms with Crippen LogP contribution in [0.25, 0.3) is 22.0 Å². The van der Waals surface area contributed by atoms with E-state index in [0.29, 0.717) is 17.6 Å². The van der Waals surface area contributed by atoms with Crippen LogP contribution in [-0.2, 0) is 4.79 Å². The lowest BCUT2D eigenvalue weighted by atomic mass is 9.97. The summed E-state index contributed by atoms with van der Waals surface area (Å²) in [6, 6.07) is 11.7. The predicted octanol–water partition coefficient (Wildman–Crippen LogP) is 4.02. The normalized spacial score (nSPS) is 14.2. The van der Waals surface area contributed by atoms with Gasteiger partial charge in [0.1, 0.15) is 6.04 Å². The first-order chi connectivity index (χ1) is 15.7. The van der Waals surface area contributed by atoms with E-state index in [-0.39, 0.29) is 17.7 Å². The van der Waals surface area contributed by atoms with Crippen LogP contribution in [0, 0.1) is 12.8 Å². The SMILES string of the molecule is Cc1ccc(C(=O)NC2CC2)cc1-c1ccc2nc(NC(C(=O)N(C)C)C(C)C)ncc2c1. The molecule has 0 aliphatic heterocycles. The van der Waals surface area contributed by atoms with Crippen LogP contribution < -0.4 is 10.6 Å². The highest BCUT2D eigenvalue weighted by molar-refractivity contribution is 5.96. The van der Waals surface area contributed by atoms with Crippen LogP contribution in [0.4, 0.5) is 5.95 Å². The zero-order valence-electron chi connectivity index (χ0n) is 19.8. The van der Waals surface area contributed by atoms with E-state index in [2.05, 4.69) is 20.6 Å². The van der Waals surface area contributed by atoms with Gasteiger partial charge in [0.05, 0.1) is 5.52 Å². The van der Waals surface area contributed by atoms with Gasteiger partial charge in [-0.25, -0.2) is 9.97 Å². The van der Waals surface area contributed by atoms with Gasteiger partial charge in [-0.1, -0.05) is 26.0 Å². The quantitative estimate of drug-likeness (QED) is 0.574. The van der Waals surface area contributed by atoms with Gasteiger partial charge in [0.15, 0.2) is 0 Å².